The van der Waals surface area contributed by atoms with Gasteiger partial charge in [0, 0.05) is 49.9 Å². The van der Waals surface area contributed by atoms with Crippen LogP contribution in [0.3, 0.4) is 0 Å². The summed E-state index contributed by atoms with van der Waals surface area (Å²) in [5, 5.41) is 4.14. The molecule has 0 saturated heterocycles. The zero-order valence-corrected chi connectivity index (χ0v) is 19.8. The van der Waals surface area contributed by atoms with Crippen molar-refractivity contribution in [1.29, 1.82) is 0 Å². The minimum Gasteiger partial charge on any atom is -0.497 e. The fourth-order valence-corrected chi connectivity index (χ4v) is 3.27. The van der Waals surface area contributed by atoms with E-state index in [1.54, 1.807) is 34.1 Å². The Kier molecular flexibility index (Phi) is 8.35. The SMILES string of the molecule is C=Nc1nc(N(C/C(N)=C/NN)c2cc(OC)cc(OC)c2F)ccc1/N=C\Cc1cnn(C)c1. The summed E-state index contributed by atoms with van der Waals surface area (Å²) in [6.45, 7) is 3.65. The lowest BCUT2D eigenvalue weighted by Gasteiger charge is -2.26. The van der Waals surface area contributed by atoms with E-state index in [2.05, 4.69) is 32.2 Å². The number of nitrogens with two attached hydrogens (primary N) is 2. The van der Waals surface area contributed by atoms with Crippen LogP contribution in [0.2, 0.25) is 0 Å². The molecular weight excluding hydrogens is 453 g/mol. The maximum absolute atomic E-state index is 15.3. The maximum atomic E-state index is 15.3. The summed E-state index contributed by atoms with van der Waals surface area (Å²) in [5.74, 6) is 5.75. The van der Waals surface area contributed by atoms with Crippen LogP contribution in [0.1, 0.15) is 5.56 Å². The molecule has 35 heavy (non-hydrogen) atoms. The third kappa shape index (κ3) is 6.12. The number of benzene rings is 1. The van der Waals surface area contributed by atoms with Gasteiger partial charge in [0.2, 0.25) is 0 Å². The van der Waals surface area contributed by atoms with Gasteiger partial charge in [0.15, 0.2) is 17.4 Å². The maximum Gasteiger partial charge on any atom is 0.188 e. The third-order valence-corrected chi connectivity index (χ3v) is 4.93. The minimum absolute atomic E-state index is 0.00235. The van der Waals surface area contributed by atoms with Crippen LogP contribution < -0.4 is 31.4 Å². The molecule has 1 aromatic carbocycles. The zero-order chi connectivity index (χ0) is 25.4. The number of aromatic nitrogens is 3. The molecule has 11 nitrogen and oxygen atoms in total. The van der Waals surface area contributed by atoms with E-state index in [0.717, 1.165) is 5.56 Å². The molecule has 0 saturated carbocycles. The minimum atomic E-state index is -0.615. The van der Waals surface area contributed by atoms with Gasteiger partial charge < -0.3 is 25.5 Å². The standard InChI is InChI=1S/C23H28FN9O2/c1-27-23-18(28-8-7-15-11-30-32(2)13-15)5-6-21(31-23)33(14-16(25)12-29-26)19-9-17(34-3)10-20(35-4)22(19)24/h5-6,8-13,29H,1,7,14,25-26H2,2-4H3/b16-12-,28-8-. The van der Waals surface area contributed by atoms with Gasteiger partial charge in [0.05, 0.1) is 32.6 Å². The van der Waals surface area contributed by atoms with Gasteiger partial charge in [0.1, 0.15) is 17.3 Å². The van der Waals surface area contributed by atoms with Crippen molar-refractivity contribution in [3.05, 3.63) is 59.9 Å². The Balaban J connectivity index is 2.02. The van der Waals surface area contributed by atoms with Gasteiger partial charge in [-0.05, 0) is 24.4 Å². The lowest BCUT2D eigenvalue weighted by molar-refractivity contribution is 0.374. The Hall–Kier alpha value is -4.45. The predicted molar refractivity (Wildman–Crippen MR) is 135 cm³/mol. The van der Waals surface area contributed by atoms with Crippen LogP contribution in [-0.2, 0) is 13.5 Å². The molecule has 0 spiro atoms. The fourth-order valence-electron chi connectivity index (χ4n) is 3.27. The van der Waals surface area contributed by atoms with Gasteiger partial charge in [-0.3, -0.25) is 15.5 Å². The number of nitrogens with zero attached hydrogens (tertiary/aromatic N) is 6. The number of halogens is 1. The van der Waals surface area contributed by atoms with Crippen molar-refractivity contribution in [2.75, 3.05) is 25.7 Å². The highest BCUT2D eigenvalue weighted by Crippen LogP contribution is 2.38. The summed E-state index contributed by atoms with van der Waals surface area (Å²) in [5.41, 5.74) is 10.4. The molecule has 0 unspecified atom stereocenters. The first-order valence-corrected chi connectivity index (χ1v) is 10.5. The average Bonchev–Trinajstić information content (AvgIpc) is 3.28. The van der Waals surface area contributed by atoms with E-state index in [-0.39, 0.29) is 23.8 Å². The molecule has 184 valence electrons. The number of aliphatic imine (C=N–C) groups is 2. The first-order chi connectivity index (χ1) is 16.9. The fraction of sp³-hybridized carbons (Fsp3) is 0.217. The quantitative estimate of drug-likeness (QED) is 0.216. The Bertz CT molecular complexity index is 1240. The number of ether oxygens (including phenoxy) is 2. The molecule has 2 heterocycles. The second kappa shape index (κ2) is 11.6. The van der Waals surface area contributed by atoms with E-state index >= 15 is 4.39 Å². The first kappa shape index (κ1) is 25.2. The van der Waals surface area contributed by atoms with E-state index in [1.807, 2.05) is 13.2 Å². The third-order valence-electron chi connectivity index (χ3n) is 4.93. The first-order valence-electron chi connectivity index (χ1n) is 10.5. The second-order valence-corrected chi connectivity index (χ2v) is 7.34. The summed E-state index contributed by atoms with van der Waals surface area (Å²) in [7, 11) is 4.69. The number of anilines is 2. The Morgan fingerprint density at radius 3 is 2.74 bits per heavy atom. The molecule has 2 aromatic heterocycles. The van der Waals surface area contributed by atoms with Crippen LogP contribution in [0.4, 0.5) is 27.4 Å². The normalized spacial score (nSPS) is 11.5. The van der Waals surface area contributed by atoms with Crippen molar-refractivity contribution in [1.82, 2.24) is 20.2 Å². The summed E-state index contributed by atoms with van der Waals surface area (Å²) >= 11 is 0. The zero-order valence-electron chi connectivity index (χ0n) is 19.8. The van der Waals surface area contributed by atoms with Crippen molar-refractivity contribution < 1.29 is 13.9 Å². The summed E-state index contributed by atoms with van der Waals surface area (Å²) in [6.07, 6.45) is 7.39. The second-order valence-electron chi connectivity index (χ2n) is 7.34. The number of nitrogens with one attached hydrogen (secondary N) is 1. The van der Waals surface area contributed by atoms with Crippen molar-refractivity contribution >= 4 is 35.9 Å². The number of hydrogen-bond acceptors (Lipinski definition) is 10. The van der Waals surface area contributed by atoms with Crippen LogP contribution in [0.25, 0.3) is 0 Å². The molecule has 0 bridgehead atoms. The van der Waals surface area contributed by atoms with Crippen LogP contribution in [0.15, 0.2) is 58.5 Å². The van der Waals surface area contributed by atoms with Crippen LogP contribution in [-0.4, -0.2) is 48.5 Å². The van der Waals surface area contributed by atoms with Gasteiger partial charge >= 0.3 is 0 Å². The highest BCUT2D eigenvalue weighted by atomic mass is 19.1. The van der Waals surface area contributed by atoms with E-state index in [1.165, 1.54) is 32.6 Å². The van der Waals surface area contributed by atoms with Crippen LogP contribution in [0.5, 0.6) is 11.5 Å². The molecule has 3 aromatic rings. The molecule has 3 rings (SSSR count). The van der Waals surface area contributed by atoms with Crippen molar-refractivity contribution in [3.8, 4) is 11.5 Å². The Morgan fingerprint density at radius 2 is 2.11 bits per heavy atom. The molecule has 12 heteroatoms. The van der Waals surface area contributed by atoms with Crippen LogP contribution >= 0.6 is 0 Å². The van der Waals surface area contributed by atoms with Crippen molar-refractivity contribution in [3.63, 3.8) is 0 Å². The van der Waals surface area contributed by atoms with E-state index in [9.17, 15) is 0 Å². The summed E-state index contributed by atoms with van der Waals surface area (Å²) < 4.78 is 27.5. The Labute approximate surface area is 202 Å². The molecule has 0 atom stereocenters. The number of methoxy groups -OCH3 is 2. The van der Waals surface area contributed by atoms with E-state index in [0.29, 0.717) is 29.4 Å². The highest BCUT2D eigenvalue weighted by Gasteiger charge is 2.22. The lowest BCUT2D eigenvalue weighted by Crippen LogP contribution is -2.27. The number of hydrazine groups is 1. The number of pyridine rings is 1. The molecule has 0 aliphatic heterocycles. The smallest absolute Gasteiger partial charge is 0.188 e. The van der Waals surface area contributed by atoms with Gasteiger partial charge in [-0.2, -0.15) is 5.10 Å². The summed E-state index contributed by atoms with van der Waals surface area (Å²) in [4.78, 5) is 14.6. The summed E-state index contributed by atoms with van der Waals surface area (Å²) in [6, 6.07) is 6.36. The van der Waals surface area contributed by atoms with Gasteiger partial charge in [0.25, 0.3) is 0 Å². The van der Waals surface area contributed by atoms with Crippen molar-refractivity contribution in [2.45, 2.75) is 6.42 Å². The van der Waals surface area contributed by atoms with Crippen LogP contribution in [0, 0.1) is 5.82 Å². The van der Waals surface area contributed by atoms with E-state index in [4.69, 9.17) is 21.1 Å². The van der Waals surface area contributed by atoms with Gasteiger partial charge in [-0.1, -0.05) is 0 Å². The van der Waals surface area contributed by atoms with Gasteiger partial charge in [-0.25, -0.2) is 14.4 Å². The monoisotopic (exact) mass is 481 g/mol. The molecule has 0 aliphatic rings. The largest absolute Gasteiger partial charge is 0.497 e. The molecule has 0 fully saturated rings. The van der Waals surface area contributed by atoms with Crippen molar-refractivity contribution in [2.24, 2.45) is 28.6 Å². The topological polar surface area (TPSA) is 141 Å². The molecule has 0 aliphatic carbocycles. The van der Waals surface area contributed by atoms with Gasteiger partial charge in [-0.15, -0.1) is 0 Å². The van der Waals surface area contributed by atoms with E-state index < -0.39 is 5.82 Å². The molecule has 0 amide bonds. The number of aryl methyl sites for hydroxylation is 1. The highest BCUT2D eigenvalue weighted by molar-refractivity contribution is 5.74. The molecule has 0 radical (unpaired) electrons. The number of rotatable bonds is 11. The lowest BCUT2D eigenvalue weighted by atomic mass is 10.2. The predicted octanol–water partition coefficient (Wildman–Crippen LogP) is 2.65. The molecule has 5 N–H and O–H groups in total. The average molecular weight is 482 g/mol. The Morgan fingerprint density at radius 1 is 1.31 bits per heavy atom. The molecular formula is C23H28FN9O2. The number of hydrogen-bond donors (Lipinski definition) is 3.